The molecule has 1 heterocycles. The van der Waals surface area contributed by atoms with Gasteiger partial charge in [-0.3, -0.25) is 0 Å². The third kappa shape index (κ3) is 2.25. The van der Waals surface area contributed by atoms with E-state index >= 15 is 0 Å². The van der Waals surface area contributed by atoms with E-state index in [0.29, 0.717) is 17.3 Å². The topological polar surface area (TPSA) is 48.7 Å². The Morgan fingerprint density at radius 3 is 2.95 bits per heavy atom. The van der Waals surface area contributed by atoms with Crippen molar-refractivity contribution in [3.8, 4) is 6.07 Å². The fourth-order valence-electron chi connectivity index (χ4n) is 2.90. The molecule has 0 spiro atoms. The fraction of sp³-hybridized carbons (Fsp3) is 0.294. The van der Waals surface area contributed by atoms with Crippen LogP contribution in [0.25, 0.3) is 0 Å². The molecule has 100 valence electrons. The fourth-order valence-corrected chi connectivity index (χ4v) is 2.90. The normalized spacial score (nSPS) is 20.8. The molecule has 0 bridgehead atoms. The van der Waals surface area contributed by atoms with Gasteiger partial charge in [0.2, 0.25) is 0 Å². The zero-order valence-electron chi connectivity index (χ0n) is 11.5. The van der Waals surface area contributed by atoms with E-state index in [-0.39, 0.29) is 6.04 Å². The van der Waals surface area contributed by atoms with E-state index in [1.807, 2.05) is 0 Å². The van der Waals surface area contributed by atoms with E-state index in [9.17, 15) is 5.26 Å². The van der Waals surface area contributed by atoms with Crippen LogP contribution in [0.4, 0.5) is 5.82 Å². The van der Waals surface area contributed by atoms with Crippen LogP contribution < -0.4 is 5.32 Å². The lowest BCUT2D eigenvalue weighted by atomic mass is 9.80. The van der Waals surface area contributed by atoms with Crippen LogP contribution in [0.1, 0.15) is 36.1 Å². The average Bonchev–Trinajstić information content (AvgIpc) is 2.50. The largest absolute Gasteiger partial charge is 0.362 e. The van der Waals surface area contributed by atoms with E-state index in [2.05, 4.69) is 47.6 Å². The Morgan fingerprint density at radius 1 is 1.25 bits per heavy atom. The summed E-state index contributed by atoms with van der Waals surface area (Å²) in [5.41, 5.74) is 3.33. The highest BCUT2D eigenvalue weighted by Gasteiger charge is 2.26. The molecule has 1 aliphatic rings. The molecule has 3 rings (SSSR count). The van der Waals surface area contributed by atoms with Crippen molar-refractivity contribution in [1.29, 1.82) is 5.26 Å². The molecule has 1 aromatic heterocycles. The molecule has 0 amide bonds. The number of nitrogens with one attached hydrogen (secondary N) is 1. The predicted molar refractivity (Wildman–Crippen MR) is 79.2 cm³/mol. The lowest BCUT2D eigenvalue weighted by molar-refractivity contribution is 0.433. The van der Waals surface area contributed by atoms with Crippen molar-refractivity contribution in [2.45, 2.75) is 25.8 Å². The van der Waals surface area contributed by atoms with Crippen LogP contribution in [-0.4, -0.2) is 4.98 Å². The van der Waals surface area contributed by atoms with E-state index in [1.165, 1.54) is 11.1 Å². The molecule has 1 N–H and O–H groups in total. The van der Waals surface area contributed by atoms with Gasteiger partial charge in [0.05, 0.1) is 11.6 Å². The van der Waals surface area contributed by atoms with Gasteiger partial charge >= 0.3 is 0 Å². The van der Waals surface area contributed by atoms with Crippen LogP contribution in [0.5, 0.6) is 0 Å². The molecule has 0 radical (unpaired) electrons. The summed E-state index contributed by atoms with van der Waals surface area (Å²) in [6, 6.07) is 14.6. The molecule has 1 aliphatic carbocycles. The molecule has 3 nitrogen and oxygen atoms in total. The number of aryl methyl sites for hydroxylation is 1. The highest BCUT2D eigenvalue weighted by molar-refractivity contribution is 5.53. The standard InChI is InChI=1S/C17H17N3/c1-12-8-9-13-5-2-3-7-15(13)16(12)20-17-14(11-18)6-4-10-19-17/h2-7,10,12,16H,8-9H2,1H3,(H,19,20). The van der Waals surface area contributed by atoms with E-state index in [4.69, 9.17) is 0 Å². The zero-order valence-corrected chi connectivity index (χ0v) is 11.5. The SMILES string of the molecule is CC1CCc2ccccc2C1Nc1ncccc1C#N. The first-order valence-corrected chi connectivity index (χ1v) is 6.99. The maximum Gasteiger partial charge on any atom is 0.144 e. The van der Waals surface area contributed by atoms with Crippen LogP contribution in [0.2, 0.25) is 0 Å². The van der Waals surface area contributed by atoms with Gasteiger partial charge < -0.3 is 5.32 Å². The average molecular weight is 263 g/mol. The summed E-state index contributed by atoms with van der Waals surface area (Å²) < 4.78 is 0. The number of hydrogen-bond acceptors (Lipinski definition) is 3. The Balaban J connectivity index is 1.96. The van der Waals surface area contributed by atoms with E-state index in [1.54, 1.807) is 18.3 Å². The molecule has 20 heavy (non-hydrogen) atoms. The molecule has 2 unspecified atom stereocenters. The lowest BCUT2D eigenvalue weighted by Crippen LogP contribution is -2.25. The maximum absolute atomic E-state index is 9.18. The van der Waals surface area contributed by atoms with Crippen LogP contribution in [0.3, 0.4) is 0 Å². The monoisotopic (exact) mass is 263 g/mol. The second-order valence-corrected chi connectivity index (χ2v) is 5.35. The van der Waals surface area contributed by atoms with E-state index < -0.39 is 0 Å². The predicted octanol–water partition coefficient (Wildman–Crippen LogP) is 3.69. The highest BCUT2D eigenvalue weighted by Crippen LogP contribution is 2.36. The number of fused-ring (bicyclic) bond motifs is 1. The first kappa shape index (κ1) is 12.7. The summed E-state index contributed by atoms with van der Waals surface area (Å²) in [5.74, 6) is 1.21. The molecule has 1 aromatic carbocycles. The molecule has 0 aliphatic heterocycles. The molecule has 0 fully saturated rings. The summed E-state index contributed by atoms with van der Waals surface area (Å²) in [6.07, 6.45) is 4.01. The van der Waals surface area contributed by atoms with Gasteiger partial charge in [0.1, 0.15) is 11.9 Å². The smallest absolute Gasteiger partial charge is 0.144 e. The maximum atomic E-state index is 9.18. The Kier molecular flexibility index (Phi) is 3.39. The van der Waals surface area contributed by atoms with Crippen molar-refractivity contribution >= 4 is 5.82 Å². The van der Waals surface area contributed by atoms with Gasteiger partial charge in [-0.25, -0.2) is 4.98 Å². The van der Waals surface area contributed by atoms with Crippen molar-refractivity contribution in [2.75, 3.05) is 5.32 Å². The Bertz CT molecular complexity index is 657. The summed E-state index contributed by atoms with van der Waals surface area (Å²) in [6.45, 7) is 2.25. The molecule has 2 atom stereocenters. The first-order chi connectivity index (χ1) is 9.79. The van der Waals surface area contributed by atoms with Crippen LogP contribution in [0.15, 0.2) is 42.6 Å². The number of aromatic nitrogens is 1. The number of nitrogens with zero attached hydrogens (tertiary/aromatic N) is 2. The number of anilines is 1. The number of rotatable bonds is 2. The summed E-state index contributed by atoms with van der Waals surface area (Å²) in [4.78, 5) is 4.32. The van der Waals surface area contributed by atoms with Crippen molar-refractivity contribution in [1.82, 2.24) is 4.98 Å². The highest BCUT2D eigenvalue weighted by atomic mass is 15.0. The molecule has 3 heteroatoms. The van der Waals surface area contributed by atoms with Crippen molar-refractivity contribution in [2.24, 2.45) is 5.92 Å². The number of hydrogen-bond donors (Lipinski definition) is 1. The van der Waals surface area contributed by atoms with Gasteiger partial charge in [0.25, 0.3) is 0 Å². The van der Waals surface area contributed by atoms with Crippen LogP contribution >= 0.6 is 0 Å². The van der Waals surface area contributed by atoms with Crippen molar-refractivity contribution in [3.63, 3.8) is 0 Å². The molecule has 0 saturated carbocycles. The zero-order chi connectivity index (χ0) is 13.9. The minimum absolute atomic E-state index is 0.224. The van der Waals surface area contributed by atoms with Crippen LogP contribution in [-0.2, 0) is 6.42 Å². The van der Waals surface area contributed by atoms with Gasteiger partial charge in [-0.15, -0.1) is 0 Å². The summed E-state index contributed by atoms with van der Waals surface area (Å²) >= 11 is 0. The molecular formula is C17H17N3. The Morgan fingerprint density at radius 2 is 2.10 bits per heavy atom. The minimum Gasteiger partial charge on any atom is -0.362 e. The second kappa shape index (κ2) is 5.34. The van der Waals surface area contributed by atoms with Gasteiger partial charge in [-0.1, -0.05) is 31.2 Å². The quantitative estimate of drug-likeness (QED) is 0.899. The lowest BCUT2D eigenvalue weighted by Gasteiger charge is -2.32. The van der Waals surface area contributed by atoms with Crippen molar-refractivity contribution < 1.29 is 0 Å². The number of benzene rings is 1. The Labute approximate surface area is 119 Å². The summed E-state index contributed by atoms with van der Waals surface area (Å²) in [5, 5.41) is 12.7. The minimum atomic E-state index is 0.224. The van der Waals surface area contributed by atoms with E-state index in [0.717, 1.165) is 12.8 Å². The molecule has 2 aromatic rings. The number of nitriles is 1. The summed E-state index contributed by atoms with van der Waals surface area (Å²) in [7, 11) is 0. The molecular weight excluding hydrogens is 246 g/mol. The second-order valence-electron chi connectivity index (χ2n) is 5.35. The third-order valence-electron chi connectivity index (χ3n) is 4.05. The van der Waals surface area contributed by atoms with Gasteiger partial charge in [0.15, 0.2) is 0 Å². The third-order valence-corrected chi connectivity index (χ3v) is 4.05. The first-order valence-electron chi connectivity index (χ1n) is 6.99. The number of pyridine rings is 1. The van der Waals surface area contributed by atoms with Gasteiger partial charge in [-0.2, -0.15) is 5.26 Å². The van der Waals surface area contributed by atoms with Gasteiger partial charge in [0, 0.05) is 6.20 Å². The van der Waals surface area contributed by atoms with Crippen LogP contribution in [0, 0.1) is 17.2 Å². The Hall–Kier alpha value is -2.34. The van der Waals surface area contributed by atoms with Gasteiger partial charge in [-0.05, 0) is 42.0 Å². The van der Waals surface area contributed by atoms with Crippen molar-refractivity contribution in [3.05, 3.63) is 59.3 Å². The molecule has 0 saturated heterocycles.